The number of carbonyl (C=O) groups is 3. The molecule has 214 valence electrons. The van der Waals surface area contributed by atoms with Crippen molar-refractivity contribution in [3.8, 4) is 0 Å². The Balaban J connectivity index is 1.62. The molecule has 3 N–H and O–H groups in total. The minimum atomic E-state index is -0.780. The van der Waals surface area contributed by atoms with Gasteiger partial charge in [-0.05, 0) is 57.0 Å². The van der Waals surface area contributed by atoms with Crippen LogP contribution in [0.2, 0.25) is 0 Å². The smallest absolute Gasteiger partial charge is 0.338 e. The van der Waals surface area contributed by atoms with Gasteiger partial charge in [0, 0.05) is 18.4 Å². The van der Waals surface area contributed by atoms with Crippen LogP contribution >= 0.6 is 0 Å². The maximum atomic E-state index is 13.0. The number of benzene rings is 1. The van der Waals surface area contributed by atoms with Crippen LogP contribution in [0.1, 0.15) is 56.0 Å². The van der Waals surface area contributed by atoms with Gasteiger partial charge in [-0.25, -0.2) is 4.79 Å². The Labute approximate surface area is 227 Å². The fourth-order valence-electron chi connectivity index (χ4n) is 4.12. The standard InChI is InChI=1S/C28H37NO10/c1-28(2,3)39-24(32)8-7-21(16-31)29-26(33)20-14-22-25(37-17-36-22)23(15-20)38-27(34)19-6-4-5-18(13-19)9-11-35-12-10-30/h4-6,9,11,13-14,21-23,25,30-31H,7-8,10,12,15-17H2,1-3H3,(H,29,33). The maximum Gasteiger partial charge on any atom is 0.338 e. The summed E-state index contributed by atoms with van der Waals surface area (Å²) in [4.78, 5) is 38.0. The van der Waals surface area contributed by atoms with Gasteiger partial charge in [0.15, 0.2) is 0 Å². The van der Waals surface area contributed by atoms with Crippen LogP contribution in [0.4, 0.5) is 0 Å². The first kappa shape index (κ1) is 30.3. The molecule has 1 heterocycles. The van der Waals surface area contributed by atoms with E-state index in [1.165, 1.54) is 6.26 Å². The van der Waals surface area contributed by atoms with Gasteiger partial charge in [-0.3, -0.25) is 9.59 Å². The van der Waals surface area contributed by atoms with Crippen LogP contribution in [0.25, 0.3) is 6.08 Å². The molecule has 1 saturated heterocycles. The van der Waals surface area contributed by atoms with E-state index in [1.807, 2.05) is 0 Å². The lowest BCUT2D eigenvalue weighted by Crippen LogP contribution is -2.45. The highest BCUT2D eigenvalue weighted by Gasteiger charge is 2.42. The summed E-state index contributed by atoms with van der Waals surface area (Å²) in [5.74, 6) is -1.47. The van der Waals surface area contributed by atoms with Gasteiger partial charge in [-0.2, -0.15) is 0 Å². The number of amides is 1. The van der Waals surface area contributed by atoms with Crippen LogP contribution in [0.5, 0.6) is 0 Å². The molecule has 0 bridgehead atoms. The number of esters is 2. The number of aliphatic hydroxyl groups is 2. The molecule has 0 spiro atoms. The van der Waals surface area contributed by atoms with Gasteiger partial charge in [0.05, 0.1) is 31.1 Å². The Morgan fingerprint density at radius 1 is 1.21 bits per heavy atom. The number of ether oxygens (including phenoxy) is 5. The van der Waals surface area contributed by atoms with Gasteiger partial charge in [-0.1, -0.05) is 12.1 Å². The number of carbonyl (C=O) groups excluding carboxylic acids is 3. The fourth-order valence-corrected chi connectivity index (χ4v) is 4.12. The lowest BCUT2D eigenvalue weighted by atomic mass is 9.91. The molecule has 0 aromatic heterocycles. The molecule has 1 aliphatic heterocycles. The third-order valence-corrected chi connectivity index (χ3v) is 5.91. The topological polar surface area (TPSA) is 150 Å². The fraction of sp³-hybridized carbons (Fsp3) is 0.536. The first-order valence-corrected chi connectivity index (χ1v) is 12.9. The second-order valence-electron chi connectivity index (χ2n) is 10.2. The number of aliphatic hydroxyl groups excluding tert-OH is 2. The van der Waals surface area contributed by atoms with E-state index in [9.17, 15) is 19.5 Å². The van der Waals surface area contributed by atoms with E-state index >= 15 is 0 Å². The normalized spacial score (nSPS) is 21.6. The van der Waals surface area contributed by atoms with Crippen LogP contribution < -0.4 is 5.32 Å². The zero-order valence-corrected chi connectivity index (χ0v) is 22.5. The molecule has 11 heteroatoms. The lowest BCUT2D eigenvalue weighted by molar-refractivity contribution is -0.155. The Bertz CT molecular complexity index is 1060. The number of fused-ring (bicyclic) bond motifs is 1. The van der Waals surface area contributed by atoms with Crippen molar-refractivity contribution in [2.24, 2.45) is 0 Å². The molecule has 2 aliphatic rings. The van der Waals surface area contributed by atoms with E-state index in [1.54, 1.807) is 57.2 Å². The van der Waals surface area contributed by atoms with Crippen LogP contribution in [-0.4, -0.2) is 84.6 Å². The van der Waals surface area contributed by atoms with Crippen LogP contribution in [0.15, 0.2) is 42.2 Å². The monoisotopic (exact) mass is 547 g/mol. The first-order chi connectivity index (χ1) is 18.6. The molecule has 1 aromatic rings. The number of hydrogen-bond acceptors (Lipinski definition) is 10. The molecule has 4 unspecified atom stereocenters. The zero-order chi connectivity index (χ0) is 28.4. The predicted molar refractivity (Wildman–Crippen MR) is 139 cm³/mol. The van der Waals surface area contributed by atoms with Crippen molar-refractivity contribution in [3.63, 3.8) is 0 Å². The van der Waals surface area contributed by atoms with Crippen molar-refractivity contribution in [1.82, 2.24) is 5.32 Å². The molecule has 0 radical (unpaired) electrons. The highest BCUT2D eigenvalue weighted by molar-refractivity contribution is 5.94. The van der Waals surface area contributed by atoms with Crippen molar-refractivity contribution in [3.05, 3.63) is 53.3 Å². The average Bonchev–Trinajstić information content (AvgIpc) is 3.37. The van der Waals surface area contributed by atoms with Gasteiger partial charge < -0.3 is 39.2 Å². The molecule has 0 saturated carbocycles. The van der Waals surface area contributed by atoms with Gasteiger partial charge in [0.25, 0.3) is 0 Å². The molecule has 11 nitrogen and oxygen atoms in total. The van der Waals surface area contributed by atoms with E-state index in [0.717, 1.165) is 0 Å². The number of hydrogen-bond donors (Lipinski definition) is 3. The molecule has 1 aromatic carbocycles. The molecular weight excluding hydrogens is 510 g/mol. The van der Waals surface area contributed by atoms with Gasteiger partial charge in [0.1, 0.15) is 37.3 Å². The summed E-state index contributed by atoms with van der Waals surface area (Å²) >= 11 is 0. The van der Waals surface area contributed by atoms with Crippen molar-refractivity contribution in [2.45, 2.75) is 70.0 Å². The molecule has 3 rings (SSSR count). The summed E-state index contributed by atoms with van der Waals surface area (Å²) in [7, 11) is 0. The van der Waals surface area contributed by atoms with Gasteiger partial charge in [0.2, 0.25) is 5.91 Å². The Kier molecular flexibility index (Phi) is 11.0. The Morgan fingerprint density at radius 2 is 2.00 bits per heavy atom. The van der Waals surface area contributed by atoms with Crippen molar-refractivity contribution in [1.29, 1.82) is 0 Å². The van der Waals surface area contributed by atoms with Gasteiger partial charge >= 0.3 is 11.9 Å². The van der Waals surface area contributed by atoms with Crippen LogP contribution in [0.3, 0.4) is 0 Å². The van der Waals surface area contributed by atoms with Crippen LogP contribution in [-0.2, 0) is 33.3 Å². The summed E-state index contributed by atoms with van der Waals surface area (Å²) in [6.07, 6.45) is 3.11. The third kappa shape index (κ3) is 9.47. The summed E-state index contributed by atoms with van der Waals surface area (Å²) < 4.78 is 27.4. The molecular formula is C28H37NO10. The minimum absolute atomic E-state index is 0.00193. The van der Waals surface area contributed by atoms with E-state index in [4.69, 9.17) is 28.8 Å². The molecule has 1 fully saturated rings. The highest BCUT2D eigenvalue weighted by atomic mass is 16.7. The van der Waals surface area contributed by atoms with E-state index in [-0.39, 0.29) is 45.9 Å². The SMILES string of the molecule is CC(C)(C)OC(=O)CCC(CO)NC(=O)C1=CC2OCOC2C(OC(=O)c2cccc(C=COCCO)c2)C1. The Morgan fingerprint density at radius 3 is 2.72 bits per heavy atom. The van der Waals surface area contributed by atoms with Crippen molar-refractivity contribution in [2.75, 3.05) is 26.6 Å². The summed E-state index contributed by atoms with van der Waals surface area (Å²) in [5.41, 5.74) is 0.706. The van der Waals surface area contributed by atoms with Crippen LogP contribution in [0, 0.1) is 0 Å². The number of rotatable bonds is 12. The van der Waals surface area contributed by atoms with Crippen molar-refractivity contribution < 1.29 is 48.3 Å². The summed E-state index contributed by atoms with van der Waals surface area (Å²) in [6.45, 7) is 4.99. The van der Waals surface area contributed by atoms with Gasteiger partial charge in [-0.15, -0.1) is 0 Å². The maximum absolute atomic E-state index is 13.0. The predicted octanol–water partition coefficient (Wildman–Crippen LogP) is 1.86. The zero-order valence-electron chi connectivity index (χ0n) is 22.5. The molecule has 39 heavy (non-hydrogen) atoms. The average molecular weight is 548 g/mol. The lowest BCUT2D eigenvalue weighted by Gasteiger charge is -2.30. The molecule has 1 amide bonds. The van der Waals surface area contributed by atoms with E-state index in [0.29, 0.717) is 16.7 Å². The quantitative estimate of drug-likeness (QED) is 0.201. The second-order valence-corrected chi connectivity index (χ2v) is 10.2. The van der Waals surface area contributed by atoms with E-state index in [2.05, 4.69) is 5.32 Å². The van der Waals surface area contributed by atoms with Crippen molar-refractivity contribution >= 4 is 23.9 Å². The Hall–Kier alpha value is -3.25. The first-order valence-electron chi connectivity index (χ1n) is 12.9. The molecule has 4 atom stereocenters. The highest BCUT2D eigenvalue weighted by Crippen LogP contribution is 2.31. The van der Waals surface area contributed by atoms with E-state index < -0.39 is 47.8 Å². The third-order valence-electron chi connectivity index (χ3n) is 5.91. The minimum Gasteiger partial charge on any atom is -0.499 e. The largest absolute Gasteiger partial charge is 0.499 e. The summed E-state index contributed by atoms with van der Waals surface area (Å²) in [6, 6.07) is 6.06. The molecule has 1 aliphatic carbocycles. The summed E-state index contributed by atoms with van der Waals surface area (Å²) in [5, 5.41) is 21.3. The number of nitrogens with one attached hydrogen (secondary N) is 1. The second kappa shape index (κ2) is 14.2.